The molecule has 1 fully saturated rings. The van der Waals surface area contributed by atoms with Gasteiger partial charge in [0.25, 0.3) is 10.0 Å². The molecule has 1 aliphatic carbocycles. The van der Waals surface area contributed by atoms with Crippen molar-refractivity contribution in [1.29, 1.82) is 0 Å². The summed E-state index contributed by atoms with van der Waals surface area (Å²) in [6.45, 7) is 3.10. The van der Waals surface area contributed by atoms with Gasteiger partial charge in [-0.15, -0.1) is 0 Å². The van der Waals surface area contributed by atoms with Crippen LogP contribution in [0.3, 0.4) is 0 Å². The number of hydrogen-bond acceptors (Lipinski definition) is 4. The third-order valence-corrected chi connectivity index (χ3v) is 10.5. The number of sulfonamides is 1. The van der Waals surface area contributed by atoms with E-state index in [1.165, 1.54) is 35.2 Å². The van der Waals surface area contributed by atoms with E-state index >= 15 is 0 Å². The summed E-state index contributed by atoms with van der Waals surface area (Å²) < 4.78 is 29.8. The highest BCUT2D eigenvalue weighted by atomic mass is 79.9. The third kappa shape index (κ3) is 8.07. The second-order valence-electron chi connectivity index (χ2n) is 10.6. The number of rotatable bonds is 10. The molecule has 224 valence electrons. The average Bonchev–Trinajstić information content (AvgIpc) is 2.97. The molecule has 0 bridgehead atoms. The van der Waals surface area contributed by atoms with Crippen LogP contribution in [0.25, 0.3) is 0 Å². The highest BCUT2D eigenvalue weighted by Gasteiger charge is 2.33. The molecule has 0 radical (unpaired) electrons. The van der Waals surface area contributed by atoms with Crippen LogP contribution < -0.4 is 9.62 Å². The maximum atomic E-state index is 14.1. The minimum atomic E-state index is -4.20. The van der Waals surface area contributed by atoms with E-state index in [0.29, 0.717) is 0 Å². The lowest BCUT2D eigenvalue weighted by Crippen LogP contribution is -2.53. The van der Waals surface area contributed by atoms with Gasteiger partial charge < -0.3 is 10.2 Å². The van der Waals surface area contributed by atoms with Crippen LogP contribution >= 0.6 is 39.1 Å². The van der Waals surface area contributed by atoms with Crippen molar-refractivity contribution in [2.24, 2.45) is 0 Å². The first-order valence-corrected chi connectivity index (χ1v) is 16.8. The maximum Gasteiger partial charge on any atom is 0.264 e. The molecule has 0 saturated heterocycles. The summed E-state index contributed by atoms with van der Waals surface area (Å²) in [6.07, 6.45) is 5.06. The molecule has 1 aliphatic rings. The van der Waals surface area contributed by atoms with Crippen LogP contribution in [-0.4, -0.2) is 43.8 Å². The van der Waals surface area contributed by atoms with Gasteiger partial charge >= 0.3 is 0 Å². The highest BCUT2D eigenvalue weighted by molar-refractivity contribution is 9.10. The van der Waals surface area contributed by atoms with Gasteiger partial charge in [-0.1, -0.05) is 88.2 Å². The number of nitrogens with one attached hydrogen (secondary N) is 1. The number of amides is 2. The Morgan fingerprint density at radius 3 is 2.21 bits per heavy atom. The fourth-order valence-electron chi connectivity index (χ4n) is 4.94. The zero-order valence-electron chi connectivity index (χ0n) is 23.5. The molecule has 0 aliphatic heterocycles. The van der Waals surface area contributed by atoms with Crippen LogP contribution in [0.15, 0.2) is 76.1 Å². The number of halogens is 3. The van der Waals surface area contributed by atoms with Crippen LogP contribution in [0.4, 0.5) is 5.69 Å². The molecule has 7 nitrogen and oxygen atoms in total. The van der Waals surface area contributed by atoms with Crippen LogP contribution in [0.2, 0.25) is 10.0 Å². The molecular formula is C31H34BrCl2N3O4S. The van der Waals surface area contributed by atoms with E-state index in [1.807, 2.05) is 31.2 Å². The summed E-state index contributed by atoms with van der Waals surface area (Å²) in [4.78, 5) is 29.0. The average molecular weight is 696 g/mol. The molecule has 4 rings (SSSR count). The molecular weight excluding hydrogens is 661 g/mol. The summed E-state index contributed by atoms with van der Waals surface area (Å²) in [5.74, 6) is -0.805. The molecule has 3 aromatic rings. The first-order valence-electron chi connectivity index (χ1n) is 13.8. The highest BCUT2D eigenvalue weighted by Crippen LogP contribution is 2.31. The van der Waals surface area contributed by atoms with Crippen LogP contribution in [0.1, 0.15) is 50.2 Å². The molecule has 1 saturated carbocycles. The van der Waals surface area contributed by atoms with Gasteiger partial charge in [0.15, 0.2) is 0 Å². The van der Waals surface area contributed by atoms with Crippen LogP contribution in [0, 0.1) is 6.92 Å². The fourth-order valence-corrected chi connectivity index (χ4v) is 6.91. The van der Waals surface area contributed by atoms with Crippen molar-refractivity contribution in [1.82, 2.24) is 10.2 Å². The van der Waals surface area contributed by atoms with Gasteiger partial charge in [0.1, 0.15) is 12.6 Å². The van der Waals surface area contributed by atoms with E-state index < -0.39 is 28.5 Å². The lowest BCUT2D eigenvalue weighted by atomic mass is 9.95. The molecule has 1 unspecified atom stereocenters. The second kappa shape index (κ2) is 14.3. The van der Waals surface area contributed by atoms with Gasteiger partial charge in [0.2, 0.25) is 11.8 Å². The fraction of sp³-hybridized carbons (Fsp3) is 0.355. The number of anilines is 1. The summed E-state index contributed by atoms with van der Waals surface area (Å²) in [5.41, 5.74) is 1.87. The molecule has 1 atom stereocenters. The second-order valence-corrected chi connectivity index (χ2v) is 14.2. The van der Waals surface area contributed by atoms with Crippen molar-refractivity contribution in [3.05, 3.63) is 92.4 Å². The Bertz CT molecular complexity index is 1510. The summed E-state index contributed by atoms with van der Waals surface area (Å²) in [5, 5.41) is 3.51. The van der Waals surface area contributed by atoms with Crippen LogP contribution in [-0.2, 0) is 26.2 Å². The first kappa shape index (κ1) is 32.3. The van der Waals surface area contributed by atoms with Gasteiger partial charge in [0, 0.05) is 17.1 Å². The zero-order valence-corrected chi connectivity index (χ0v) is 27.4. The molecule has 3 aromatic carbocycles. The third-order valence-electron chi connectivity index (χ3n) is 7.46. The standard InChI is InChI=1S/C31H34BrCl2N3O4S/c1-21-8-15-27(16-9-21)42(40,41)37(26-14-17-28(33)29(34)18-26)20-30(38)36(19-23-10-12-24(32)13-11-23)22(2)31(39)35-25-6-4-3-5-7-25/h8-18,22,25H,3-7,19-20H2,1-2H3,(H,35,39). The number of nitrogens with zero attached hydrogens (tertiary/aromatic N) is 2. The Balaban J connectivity index is 1.69. The van der Waals surface area contributed by atoms with Crippen molar-refractivity contribution >= 4 is 66.7 Å². The summed E-state index contributed by atoms with van der Waals surface area (Å²) in [6, 6.07) is 17.4. The lowest BCUT2D eigenvalue weighted by Gasteiger charge is -2.33. The number of carbonyl (C=O) groups excluding carboxylic acids is 2. The van der Waals surface area contributed by atoms with E-state index in [9.17, 15) is 18.0 Å². The van der Waals surface area contributed by atoms with Gasteiger partial charge in [-0.25, -0.2) is 8.42 Å². The number of aryl methyl sites for hydroxylation is 1. The topological polar surface area (TPSA) is 86.8 Å². The van der Waals surface area contributed by atoms with E-state index in [-0.39, 0.29) is 39.1 Å². The van der Waals surface area contributed by atoms with Gasteiger partial charge in [-0.05, 0) is 74.7 Å². The molecule has 1 N–H and O–H groups in total. The molecule has 2 amide bonds. The predicted molar refractivity (Wildman–Crippen MR) is 171 cm³/mol. The minimum Gasteiger partial charge on any atom is -0.352 e. The monoisotopic (exact) mass is 693 g/mol. The summed E-state index contributed by atoms with van der Waals surface area (Å²) >= 11 is 15.8. The number of carbonyl (C=O) groups is 2. The Hall–Kier alpha value is -2.59. The largest absolute Gasteiger partial charge is 0.352 e. The van der Waals surface area contributed by atoms with Crippen LogP contribution in [0.5, 0.6) is 0 Å². The van der Waals surface area contributed by atoms with E-state index in [1.54, 1.807) is 19.1 Å². The van der Waals surface area contributed by atoms with Crippen molar-refractivity contribution in [3.63, 3.8) is 0 Å². The number of hydrogen-bond donors (Lipinski definition) is 1. The van der Waals surface area contributed by atoms with Crippen molar-refractivity contribution < 1.29 is 18.0 Å². The quantitative estimate of drug-likeness (QED) is 0.245. The van der Waals surface area contributed by atoms with Gasteiger partial charge in [0.05, 0.1) is 20.6 Å². The first-order chi connectivity index (χ1) is 20.0. The van der Waals surface area contributed by atoms with Crippen molar-refractivity contribution in [3.8, 4) is 0 Å². The molecule has 0 heterocycles. The Morgan fingerprint density at radius 1 is 0.952 bits per heavy atom. The SMILES string of the molecule is Cc1ccc(S(=O)(=O)N(CC(=O)N(Cc2ccc(Br)cc2)C(C)C(=O)NC2CCCCC2)c2ccc(Cl)c(Cl)c2)cc1. The van der Waals surface area contributed by atoms with E-state index in [4.69, 9.17) is 23.2 Å². The normalized spacial score (nSPS) is 14.7. The van der Waals surface area contributed by atoms with Crippen molar-refractivity contribution in [2.75, 3.05) is 10.8 Å². The Labute approximate surface area is 266 Å². The smallest absolute Gasteiger partial charge is 0.264 e. The summed E-state index contributed by atoms with van der Waals surface area (Å²) in [7, 11) is -4.20. The predicted octanol–water partition coefficient (Wildman–Crippen LogP) is 7.13. The Morgan fingerprint density at radius 2 is 1.60 bits per heavy atom. The van der Waals surface area contributed by atoms with Gasteiger partial charge in [-0.3, -0.25) is 13.9 Å². The molecule has 11 heteroatoms. The molecule has 0 aromatic heterocycles. The Kier molecular flexibility index (Phi) is 11.0. The van der Waals surface area contributed by atoms with E-state index in [2.05, 4.69) is 21.2 Å². The maximum absolute atomic E-state index is 14.1. The minimum absolute atomic E-state index is 0.0227. The number of benzene rings is 3. The molecule has 42 heavy (non-hydrogen) atoms. The van der Waals surface area contributed by atoms with Crippen molar-refractivity contribution in [2.45, 2.75) is 69.5 Å². The lowest BCUT2D eigenvalue weighted by molar-refractivity contribution is -0.139. The zero-order chi connectivity index (χ0) is 30.4. The van der Waals surface area contributed by atoms with Gasteiger partial charge in [-0.2, -0.15) is 0 Å². The molecule has 0 spiro atoms. The van der Waals surface area contributed by atoms with E-state index in [0.717, 1.165) is 52.0 Å².